The molecule has 20 heavy (non-hydrogen) atoms. The van der Waals surface area contributed by atoms with E-state index in [0.717, 1.165) is 6.07 Å². The van der Waals surface area contributed by atoms with Crippen molar-refractivity contribution in [3.63, 3.8) is 0 Å². The van der Waals surface area contributed by atoms with Gasteiger partial charge in [-0.3, -0.25) is 0 Å². The van der Waals surface area contributed by atoms with Crippen LogP contribution < -0.4 is 10.5 Å². The van der Waals surface area contributed by atoms with E-state index in [1.54, 1.807) is 18.2 Å². The molecule has 2 rings (SSSR count). The van der Waals surface area contributed by atoms with E-state index in [4.69, 9.17) is 10.5 Å². The second-order valence-corrected chi connectivity index (χ2v) is 4.90. The van der Waals surface area contributed by atoms with Crippen molar-refractivity contribution in [2.75, 3.05) is 5.73 Å². The minimum Gasteiger partial charge on any atom is -0.488 e. The molecule has 0 amide bonds. The number of hydrogen-bond donors (Lipinski definition) is 1. The highest BCUT2D eigenvalue weighted by Gasteiger charge is 2.34. The molecule has 2 nitrogen and oxygen atoms in total. The molecule has 0 fully saturated rings. The first-order valence-electron chi connectivity index (χ1n) is 5.71. The Morgan fingerprint density at radius 2 is 1.75 bits per heavy atom. The lowest BCUT2D eigenvalue weighted by Gasteiger charge is -2.14. The maximum Gasteiger partial charge on any atom is 0.419 e. The zero-order chi connectivity index (χ0) is 14.8. The van der Waals surface area contributed by atoms with Gasteiger partial charge in [-0.05, 0) is 34.1 Å². The molecule has 2 aromatic carbocycles. The Balaban J connectivity index is 2.22. The highest BCUT2D eigenvalue weighted by molar-refractivity contribution is 9.10. The van der Waals surface area contributed by atoms with E-state index in [1.807, 2.05) is 0 Å². The number of ether oxygens (including phenoxy) is 1. The lowest BCUT2D eigenvalue weighted by atomic mass is 10.2. The average Bonchev–Trinajstić information content (AvgIpc) is 2.40. The van der Waals surface area contributed by atoms with Crippen molar-refractivity contribution >= 4 is 21.6 Å². The molecule has 0 radical (unpaired) electrons. The summed E-state index contributed by atoms with van der Waals surface area (Å²) in [5, 5.41) is 0. The van der Waals surface area contributed by atoms with Gasteiger partial charge in [0.1, 0.15) is 12.4 Å². The first-order valence-corrected chi connectivity index (χ1v) is 6.51. The number of nitrogens with two attached hydrogens (primary N) is 1. The highest BCUT2D eigenvalue weighted by atomic mass is 79.9. The van der Waals surface area contributed by atoms with Gasteiger partial charge in [-0.1, -0.05) is 24.3 Å². The largest absolute Gasteiger partial charge is 0.488 e. The highest BCUT2D eigenvalue weighted by Crippen LogP contribution is 2.36. The number of anilines is 1. The van der Waals surface area contributed by atoms with Crippen LogP contribution in [0.15, 0.2) is 46.9 Å². The van der Waals surface area contributed by atoms with Crippen molar-refractivity contribution < 1.29 is 17.9 Å². The van der Waals surface area contributed by atoms with Crippen LogP contribution in [0.25, 0.3) is 0 Å². The first kappa shape index (κ1) is 14.7. The van der Waals surface area contributed by atoms with Gasteiger partial charge in [-0.15, -0.1) is 0 Å². The number of rotatable bonds is 3. The standard InChI is InChI=1S/C14H11BrF3NO/c15-13-9(4-3-6-11(13)19)8-20-12-7-2-1-5-10(12)14(16,17)18/h1-7H,8,19H2. The maximum absolute atomic E-state index is 12.8. The van der Waals surface area contributed by atoms with Crippen LogP contribution >= 0.6 is 15.9 Å². The molecule has 0 bridgehead atoms. The summed E-state index contributed by atoms with van der Waals surface area (Å²) in [5.41, 5.74) is 6.11. The third-order valence-corrected chi connectivity index (χ3v) is 3.65. The summed E-state index contributed by atoms with van der Waals surface area (Å²) in [7, 11) is 0. The van der Waals surface area contributed by atoms with Crippen LogP contribution in [0.4, 0.5) is 18.9 Å². The summed E-state index contributed by atoms with van der Waals surface area (Å²) in [6, 6.07) is 10.3. The van der Waals surface area contributed by atoms with E-state index in [-0.39, 0.29) is 12.4 Å². The summed E-state index contributed by atoms with van der Waals surface area (Å²) in [6.07, 6.45) is -4.44. The molecule has 0 spiro atoms. The second-order valence-electron chi connectivity index (χ2n) is 4.10. The van der Waals surface area contributed by atoms with Crippen molar-refractivity contribution in [2.24, 2.45) is 0 Å². The number of alkyl halides is 3. The van der Waals surface area contributed by atoms with E-state index in [9.17, 15) is 13.2 Å². The topological polar surface area (TPSA) is 35.2 Å². The summed E-state index contributed by atoms with van der Waals surface area (Å²) >= 11 is 3.28. The van der Waals surface area contributed by atoms with E-state index in [0.29, 0.717) is 15.7 Å². The molecule has 0 aliphatic carbocycles. The quantitative estimate of drug-likeness (QED) is 0.823. The summed E-state index contributed by atoms with van der Waals surface area (Å²) in [5.74, 6) is -0.200. The van der Waals surface area contributed by atoms with Crippen LogP contribution in [-0.2, 0) is 12.8 Å². The third kappa shape index (κ3) is 3.25. The Labute approximate surface area is 122 Å². The van der Waals surface area contributed by atoms with Crippen LogP contribution in [0.2, 0.25) is 0 Å². The van der Waals surface area contributed by atoms with Crippen LogP contribution in [0.3, 0.4) is 0 Å². The normalized spacial score (nSPS) is 11.4. The molecular weight excluding hydrogens is 335 g/mol. The zero-order valence-corrected chi connectivity index (χ0v) is 11.8. The van der Waals surface area contributed by atoms with E-state index in [1.165, 1.54) is 18.2 Å². The predicted octanol–water partition coefficient (Wildman–Crippen LogP) is 4.63. The lowest BCUT2D eigenvalue weighted by Crippen LogP contribution is -2.08. The summed E-state index contributed by atoms with van der Waals surface area (Å²) < 4.78 is 44.3. The van der Waals surface area contributed by atoms with Gasteiger partial charge >= 0.3 is 6.18 Å². The van der Waals surface area contributed by atoms with Crippen molar-refractivity contribution in [3.05, 3.63) is 58.1 Å². The van der Waals surface area contributed by atoms with Crippen molar-refractivity contribution in [1.82, 2.24) is 0 Å². The summed E-state index contributed by atoms with van der Waals surface area (Å²) in [6.45, 7) is -0.00127. The van der Waals surface area contributed by atoms with Crippen LogP contribution in [0, 0.1) is 0 Å². The fraction of sp³-hybridized carbons (Fsp3) is 0.143. The molecular formula is C14H11BrF3NO. The molecule has 106 valence electrons. The molecule has 0 saturated heterocycles. The molecule has 0 saturated carbocycles. The molecule has 6 heteroatoms. The number of halogens is 4. The molecule has 0 aromatic heterocycles. The molecule has 2 N–H and O–H groups in total. The van der Waals surface area contributed by atoms with Gasteiger partial charge in [-0.2, -0.15) is 13.2 Å². The number of hydrogen-bond acceptors (Lipinski definition) is 2. The molecule has 0 aliphatic rings. The van der Waals surface area contributed by atoms with Gasteiger partial charge < -0.3 is 10.5 Å². The second kappa shape index (κ2) is 5.75. The monoisotopic (exact) mass is 345 g/mol. The van der Waals surface area contributed by atoms with E-state index >= 15 is 0 Å². The molecule has 0 atom stereocenters. The summed E-state index contributed by atoms with van der Waals surface area (Å²) in [4.78, 5) is 0. The smallest absolute Gasteiger partial charge is 0.419 e. The van der Waals surface area contributed by atoms with Gasteiger partial charge in [-0.25, -0.2) is 0 Å². The van der Waals surface area contributed by atoms with E-state index < -0.39 is 11.7 Å². The Morgan fingerprint density at radius 3 is 2.45 bits per heavy atom. The van der Waals surface area contributed by atoms with Crippen LogP contribution in [0.5, 0.6) is 5.75 Å². The predicted molar refractivity (Wildman–Crippen MR) is 74.3 cm³/mol. The van der Waals surface area contributed by atoms with Crippen LogP contribution in [-0.4, -0.2) is 0 Å². The van der Waals surface area contributed by atoms with Gasteiger partial charge in [0.2, 0.25) is 0 Å². The molecule has 2 aromatic rings. The Morgan fingerprint density at radius 1 is 1.05 bits per heavy atom. The minimum atomic E-state index is -4.44. The molecule has 0 aliphatic heterocycles. The number of benzene rings is 2. The minimum absolute atomic E-state index is 0.00127. The first-order chi connectivity index (χ1) is 9.39. The van der Waals surface area contributed by atoms with Gasteiger partial charge in [0.15, 0.2) is 0 Å². The van der Waals surface area contributed by atoms with Gasteiger partial charge in [0.25, 0.3) is 0 Å². The van der Waals surface area contributed by atoms with Crippen LogP contribution in [0.1, 0.15) is 11.1 Å². The van der Waals surface area contributed by atoms with Gasteiger partial charge in [0.05, 0.1) is 5.56 Å². The number of para-hydroxylation sites is 1. The Hall–Kier alpha value is -1.69. The molecule has 0 heterocycles. The zero-order valence-electron chi connectivity index (χ0n) is 10.2. The fourth-order valence-electron chi connectivity index (χ4n) is 1.69. The average molecular weight is 346 g/mol. The van der Waals surface area contributed by atoms with Crippen molar-refractivity contribution in [1.29, 1.82) is 0 Å². The number of nitrogen functional groups attached to an aromatic ring is 1. The van der Waals surface area contributed by atoms with Crippen molar-refractivity contribution in [3.8, 4) is 5.75 Å². The third-order valence-electron chi connectivity index (χ3n) is 2.68. The van der Waals surface area contributed by atoms with Crippen molar-refractivity contribution in [2.45, 2.75) is 12.8 Å². The Kier molecular flexibility index (Phi) is 4.23. The fourth-order valence-corrected chi connectivity index (χ4v) is 2.07. The van der Waals surface area contributed by atoms with Gasteiger partial charge in [0, 0.05) is 15.7 Å². The SMILES string of the molecule is Nc1cccc(COc2ccccc2C(F)(F)F)c1Br. The molecule has 0 unspecified atom stereocenters. The maximum atomic E-state index is 12.8. The Bertz CT molecular complexity index is 614. The van der Waals surface area contributed by atoms with E-state index in [2.05, 4.69) is 15.9 Å². The lowest BCUT2D eigenvalue weighted by molar-refractivity contribution is -0.139.